The predicted molar refractivity (Wildman–Crippen MR) is 308 cm³/mol. The summed E-state index contributed by atoms with van der Waals surface area (Å²) >= 11 is 0. The van der Waals surface area contributed by atoms with Crippen LogP contribution in [0.1, 0.15) is 25.0 Å². The van der Waals surface area contributed by atoms with Crippen molar-refractivity contribution in [3.63, 3.8) is 0 Å². The molecule has 0 spiro atoms. The molecule has 0 radical (unpaired) electrons. The molecule has 14 rings (SSSR count). The molecule has 73 heavy (non-hydrogen) atoms. The number of rotatable bonds is 8. The first-order valence-corrected chi connectivity index (χ1v) is 25.4. The van der Waals surface area contributed by atoms with E-state index in [0.717, 1.165) is 34.2 Å². The highest BCUT2D eigenvalue weighted by Gasteiger charge is 2.35. The van der Waals surface area contributed by atoms with E-state index in [4.69, 9.17) is 0 Å². The van der Waals surface area contributed by atoms with Gasteiger partial charge in [-0.2, -0.15) is 0 Å². The molecule has 344 valence electrons. The predicted octanol–water partition coefficient (Wildman–Crippen LogP) is 19.0. The third kappa shape index (κ3) is 6.86. The van der Waals surface area contributed by atoms with Crippen LogP contribution in [0.25, 0.3) is 122 Å². The number of aromatic nitrogens is 2. The summed E-state index contributed by atoms with van der Waals surface area (Å²) in [7, 11) is 0. The minimum Gasteiger partial charge on any atom is -0.309 e. The molecule has 0 atom stereocenters. The molecule has 2 nitrogen and oxygen atoms in total. The Bertz CT molecular complexity index is 4130. The van der Waals surface area contributed by atoms with Crippen molar-refractivity contribution in [2.24, 2.45) is 0 Å². The Labute approximate surface area is 426 Å². The Morgan fingerprint density at radius 3 is 1.23 bits per heavy atom. The average Bonchev–Trinajstić information content (AvgIpc) is 4.17. The monoisotopic (exact) mass is 930 g/mol. The molecule has 0 saturated carbocycles. The maximum atomic E-state index is 2.51. The van der Waals surface area contributed by atoms with Crippen molar-refractivity contribution >= 4 is 32.3 Å². The summed E-state index contributed by atoms with van der Waals surface area (Å²) in [6.45, 7) is 4.78. The van der Waals surface area contributed by atoms with Crippen molar-refractivity contribution in [2.75, 3.05) is 0 Å². The number of fused-ring (bicyclic) bond motifs is 6. The topological polar surface area (TPSA) is 9.86 Å². The zero-order valence-corrected chi connectivity index (χ0v) is 40.8. The van der Waals surface area contributed by atoms with E-state index >= 15 is 0 Å². The van der Waals surface area contributed by atoms with Crippen LogP contribution in [0.4, 0.5) is 0 Å². The first-order chi connectivity index (χ1) is 36.0. The molecule has 11 aromatic carbocycles. The number of benzene rings is 11. The molecule has 0 amide bonds. The molecule has 2 aromatic heterocycles. The van der Waals surface area contributed by atoms with Gasteiger partial charge in [0.15, 0.2) is 0 Å². The highest BCUT2D eigenvalue weighted by Crippen LogP contribution is 2.52. The summed E-state index contributed by atoms with van der Waals surface area (Å²) in [6, 6.07) is 98.7. The minimum absolute atomic E-state index is 0.175. The second-order valence-corrected chi connectivity index (χ2v) is 20.0. The third-order valence-electron chi connectivity index (χ3n) is 15.6. The molecule has 0 N–H and O–H groups in total. The van der Waals surface area contributed by atoms with Crippen LogP contribution in [0.2, 0.25) is 0 Å². The van der Waals surface area contributed by atoms with Gasteiger partial charge >= 0.3 is 0 Å². The van der Waals surface area contributed by atoms with Gasteiger partial charge in [-0.1, -0.05) is 226 Å². The second-order valence-electron chi connectivity index (χ2n) is 20.0. The van der Waals surface area contributed by atoms with Gasteiger partial charge in [0.25, 0.3) is 0 Å². The van der Waals surface area contributed by atoms with Crippen LogP contribution in [0.5, 0.6) is 0 Å². The normalized spacial score (nSPS) is 12.6. The minimum atomic E-state index is -0.175. The van der Waals surface area contributed by atoms with Gasteiger partial charge in [-0.05, 0) is 154 Å². The lowest BCUT2D eigenvalue weighted by Crippen LogP contribution is -2.14. The van der Waals surface area contributed by atoms with E-state index in [9.17, 15) is 0 Å². The number of nitrogens with zero attached hydrogens (tertiary/aromatic N) is 2. The van der Waals surface area contributed by atoms with Gasteiger partial charge in [-0.3, -0.25) is 0 Å². The molecule has 0 aliphatic heterocycles. The van der Waals surface area contributed by atoms with E-state index in [1.54, 1.807) is 0 Å². The SMILES string of the molecule is CC1(C)c2ccccc2-c2ccc(-c3c4cc(-n5c(-c6ccccc6)ccc5-c5ccccc5)ccc4c(-c4cccc5ccccc45)c4cc(-n5c(-c6ccccc6)ccc5-c5ccccc5)ccc34)cc21. The lowest BCUT2D eigenvalue weighted by atomic mass is 9.80. The summed E-state index contributed by atoms with van der Waals surface area (Å²) in [5, 5.41) is 7.27. The molecule has 0 saturated heterocycles. The van der Waals surface area contributed by atoms with Crippen molar-refractivity contribution in [3.8, 4) is 89.8 Å². The maximum Gasteiger partial charge on any atom is 0.0535 e. The van der Waals surface area contributed by atoms with E-state index in [0.29, 0.717) is 0 Å². The Kier molecular flexibility index (Phi) is 9.91. The molecule has 0 unspecified atom stereocenters. The fourth-order valence-electron chi connectivity index (χ4n) is 12.2. The summed E-state index contributed by atoms with van der Waals surface area (Å²) in [5.74, 6) is 0. The molecule has 13 aromatic rings. The van der Waals surface area contributed by atoms with E-state index < -0.39 is 0 Å². The van der Waals surface area contributed by atoms with Crippen LogP contribution in [-0.4, -0.2) is 9.13 Å². The summed E-state index contributed by atoms with van der Waals surface area (Å²) in [6.07, 6.45) is 0. The first-order valence-electron chi connectivity index (χ1n) is 25.4. The Balaban J connectivity index is 1.12. The molecular formula is C71H50N2. The van der Waals surface area contributed by atoms with Crippen LogP contribution >= 0.6 is 0 Å². The number of hydrogen-bond acceptors (Lipinski definition) is 0. The van der Waals surface area contributed by atoms with Crippen LogP contribution in [-0.2, 0) is 5.41 Å². The maximum absolute atomic E-state index is 2.51. The molecule has 1 aliphatic rings. The van der Waals surface area contributed by atoms with Crippen LogP contribution in [0.15, 0.2) is 267 Å². The Morgan fingerprint density at radius 2 is 0.685 bits per heavy atom. The van der Waals surface area contributed by atoms with Gasteiger partial charge in [-0.15, -0.1) is 0 Å². The van der Waals surface area contributed by atoms with Crippen LogP contribution in [0.3, 0.4) is 0 Å². The van der Waals surface area contributed by atoms with Crippen LogP contribution in [0, 0.1) is 0 Å². The molecular weight excluding hydrogens is 881 g/mol. The van der Waals surface area contributed by atoms with E-state index in [1.165, 1.54) is 99.1 Å². The van der Waals surface area contributed by atoms with Crippen molar-refractivity contribution in [1.82, 2.24) is 9.13 Å². The van der Waals surface area contributed by atoms with E-state index in [2.05, 4.69) is 290 Å². The van der Waals surface area contributed by atoms with E-state index in [1.807, 2.05) is 0 Å². The average molecular weight is 931 g/mol. The van der Waals surface area contributed by atoms with Gasteiger partial charge in [-0.25, -0.2) is 0 Å². The molecule has 0 fully saturated rings. The number of hydrogen-bond donors (Lipinski definition) is 0. The van der Waals surface area contributed by atoms with Crippen molar-refractivity contribution in [2.45, 2.75) is 19.3 Å². The van der Waals surface area contributed by atoms with Crippen molar-refractivity contribution < 1.29 is 0 Å². The van der Waals surface area contributed by atoms with Crippen molar-refractivity contribution in [3.05, 3.63) is 278 Å². The van der Waals surface area contributed by atoms with E-state index in [-0.39, 0.29) is 5.41 Å². The van der Waals surface area contributed by atoms with Gasteiger partial charge < -0.3 is 9.13 Å². The second kappa shape index (κ2) is 17.0. The standard InChI is InChI=1S/C71H50N2/c1-71(2)63-33-18-17-31-56(63)57-37-34-52(44-64(57)71)69-59-38-35-54(73-67(50-25-11-5-12-26-50)42-43-68(73)51-27-13-6-14-28-51)46-62(59)70(58-32-19-29-47-20-15-16-30-55(47)58)60-39-36-53(45-61(60)69)72-65(48-21-7-3-8-22-48)40-41-66(72)49-23-9-4-10-24-49/h3-46H,1-2H3. The highest BCUT2D eigenvalue weighted by atomic mass is 15.0. The first kappa shape index (κ1) is 42.6. The van der Waals surface area contributed by atoms with Gasteiger partial charge in [0, 0.05) is 16.8 Å². The zero-order valence-electron chi connectivity index (χ0n) is 40.8. The third-order valence-corrected chi connectivity index (χ3v) is 15.6. The van der Waals surface area contributed by atoms with Gasteiger partial charge in [0.05, 0.1) is 22.8 Å². The Morgan fingerprint density at radius 1 is 0.260 bits per heavy atom. The van der Waals surface area contributed by atoms with Crippen molar-refractivity contribution in [1.29, 1.82) is 0 Å². The van der Waals surface area contributed by atoms with Gasteiger partial charge in [0.2, 0.25) is 0 Å². The molecule has 0 bridgehead atoms. The summed E-state index contributed by atoms with van der Waals surface area (Å²) < 4.78 is 4.92. The lowest BCUT2D eigenvalue weighted by Gasteiger charge is -2.24. The fourth-order valence-corrected chi connectivity index (χ4v) is 12.2. The largest absolute Gasteiger partial charge is 0.309 e. The summed E-state index contributed by atoms with van der Waals surface area (Å²) in [5.41, 5.74) is 21.5. The molecule has 2 heteroatoms. The molecule has 2 heterocycles. The Hall–Kier alpha value is -9.24. The lowest BCUT2D eigenvalue weighted by molar-refractivity contribution is 0.660. The fraction of sp³-hybridized carbons (Fsp3) is 0.0423. The quantitative estimate of drug-likeness (QED) is 0.134. The van der Waals surface area contributed by atoms with Gasteiger partial charge in [0.1, 0.15) is 0 Å². The smallest absolute Gasteiger partial charge is 0.0535 e. The zero-order chi connectivity index (χ0) is 48.6. The van der Waals surface area contributed by atoms with Crippen LogP contribution < -0.4 is 0 Å². The summed E-state index contributed by atoms with van der Waals surface area (Å²) in [4.78, 5) is 0. The molecule has 1 aliphatic carbocycles. The highest BCUT2D eigenvalue weighted by molar-refractivity contribution is 6.24.